The predicted octanol–water partition coefficient (Wildman–Crippen LogP) is -0.697. The number of hydrogen-bond acceptors (Lipinski definition) is 6. The molecule has 17 heavy (non-hydrogen) atoms. The third-order valence-corrected chi connectivity index (χ3v) is 3.22. The standard InChI is InChI=1S/C11H20N2O4/c1-12(2)5-7-14-9-10-11(9,16-7)17-8(15-10)6-13(3)4/h7-10H,5-6H2,1-4H3. The first kappa shape index (κ1) is 11.8. The molecule has 6 heteroatoms. The quantitative estimate of drug-likeness (QED) is 0.652. The Labute approximate surface area is 101 Å². The molecular weight excluding hydrogens is 224 g/mol. The summed E-state index contributed by atoms with van der Waals surface area (Å²) < 4.78 is 23.1. The van der Waals surface area contributed by atoms with Crippen molar-refractivity contribution < 1.29 is 18.9 Å². The lowest BCUT2D eigenvalue weighted by atomic mass is 10.5. The Morgan fingerprint density at radius 2 is 1.24 bits per heavy atom. The highest BCUT2D eigenvalue weighted by Gasteiger charge is 2.81. The van der Waals surface area contributed by atoms with Crippen LogP contribution in [-0.4, -0.2) is 81.7 Å². The molecule has 0 radical (unpaired) electrons. The summed E-state index contributed by atoms with van der Waals surface area (Å²) in [6, 6.07) is 0. The highest BCUT2D eigenvalue weighted by atomic mass is 16.9. The summed E-state index contributed by atoms with van der Waals surface area (Å²) in [7, 11) is 7.97. The summed E-state index contributed by atoms with van der Waals surface area (Å²) in [5.74, 6) is -0.610. The Morgan fingerprint density at radius 1 is 0.824 bits per heavy atom. The Bertz CT molecular complexity index is 280. The van der Waals surface area contributed by atoms with E-state index in [1.165, 1.54) is 0 Å². The second-order valence-electron chi connectivity index (χ2n) is 5.45. The molecule has 1 spiro atoms. The van der Waals surface area contributed by atoms with Gasteiger partial charge in [-0.05, 0) is 28.2 Å². The van der Waals surface area contributed by atoms with E-state index in [4.69, 9.17) is 18.9 Å². The molecule has 1 aliphatic carbocycles. The van der Waals surface area contributed by atoms with Crippen molar-refractivity contribution in [3.8, 4) is 0 Å². The molecule has 3 rings (SSSR count). The van der Waals surface area contributed by atoms with Crippen LogP contribution in [0, 0.1) is 0 Å². The molecule has 4 unspecified atom stereocenters. The van der Waals surface area contributed by atoms with Gasteiger partial charge in [0.15, 0.2) is 12.6 Å². The Morgan fingerprint density at radius 3 is 1.59 bits per heavy atom. The lowest BCUT2D eigenvalue weighted by Gasteiger charge is -2.19. The van der Waals surface area contributed by atoms with Gasteiger partial charge in [0, 0.05) is 13.1 Å². The first-order valence-corrected chi connectivity index (χ1v) is 5.97. The largest absolute Gasteiger partial charge is 0.339 e. The van der Waals surface area contributed by atoms with Gasteiger partial charge in [-0.15, -0.1) is 0 Å². The zero-order chi connectivity index (χ0) is 12.2. The number of hydrogen-bond donors (Lipinski definition) is 0. The topological polar surface area (TPSA) is 43.4 Å². The number of ether oxygens (including phenoxy) is 4. The van der Waals surface area contributed by atoms with Gasteiger partial charge < -0.3 is 28.7 Å². The average Bonchev–Trinajstić information content (AvgIpc) is 2.57. The fraction of sp³-hybridized carbons (Fsp3) is 1.00. The van der Waals surface area contributed by atoms with Gasteiger partial charge in [-0.3, -0.25) is 0 Å². The normalized spacial score (nSPS) is 47.6. The van der Waals surface area contributed by atoms with Crippen LogP contribution >= 0.6 is 0 Å². The molecule has 1 saturated carbocycles. The molecule has 0 aromatic rings. The molecule has 3 aliphatic rings. The van der Waals surface area contributed by atoms with Gasteiger partial charge in [0.05, 0.1) is 0 Å². The Hall–Kier alpha value is -0.240. The van der Waals surface area contributed by atoms with E-state index in [1.54, 1.807) is 0 Å². The summed E-state index contributed by atoms with van der Waals surface area (Å²) in [5, 5.41) is 0. The third kappa shape index (κ3) is 1.89. The van der Waals surface area contributed by atoms with Crippen molar-refractivity contribution >= 4 is 0 Å². The highest BCUT2D eigenvalue weighted by Crippen LogP contribution is 2.57. The molecule has 0 N–H and O–H groups in total. The molecule has 2 heterocycles. The monoisotopic (exact) mass is 244 g/mol. The van der Waals surface area contributed by atoms with E-state index in [2.05, 4.69) is 0 Å². The Balaban J connectivity index is 1.55. The summed E-state index contributed by atoms with van der Waals surface area (Å²) in [6.07, 6.45) is -0.474. The molecule has 0 aromatic carbocycles. The highest BCUT2D eigenvalue weighted by molar-refractivity contribution is 5.18. The van der Waals surface area contributed by atoms with Crippen molar-refractivity contribution in [1.29, 1.82) is 0 Å². The SMILES string of the molecule is CN(C)CC1OC2C3OC(CN(C)C)OC23O1. The molecule has 4 atom stereocenters. The van der Waals surface area contributed by atoms with Crippen molar-refractivity contribution in [3.05, 3.63) is 0 Å². The van der Waals surface area contributed by atoms with Gasteiger partial charge in [-0.25, -0.2) is 0 Å². The van der Waals surface area contributed by atoms with Gasteiger partial charge in [0.2, 0.25) is 5.79 Å². The molecule has 2 aliphatic heterocycles. The number of fused-ring (bicyclic) bond motifs is 1. The fourth-order valence-corrected chi connectivity index (χ4v) is 2.46. The van der Waals surface area contributed by atoms with Crippen LogP contribution in [0.5, 0.6) is 0 Å². The van der Waals surface area contributed by atoms with Gasteiger partial charge >= 0.3 is 0 Å². The maximum absolute atomic E-state index is 5.84. The minimum Gasteiger partial charge on any atom is -0.339 e. The third-order valence-electron chi connectivity index (χ3n) is 3.22. The van der Waals surface area contributed by atoms with E-state index >= 15 is 0 Å². The second-order valence-corrected chi connectivity index (χ2v) is 5.45. The molecule has 3 fully saturated rings. The van der Waals surface area contributed by atoms with E-state index < -0.39 is 5.79 Å². The zero-order valence-electron chi connectivity index (χ0n) is 10.8. The van der Waals surface area contributed by atoms with Gasteiger partial charge in [-0.2, -0.15) is 0 Å². The maximum Gasteiger partial charge on any atom is 0.232 e. The van der Waals surface area contributed by atoms with Crippen molar-refractivity contribution in [1.82, 2.24) is 9.80 Å². The minimum absolute atomic E-state index is 0.0362. The van der Waals surface area contributed by atoms with Crippen LogP contribution in [0.1, 0.15) is 0 Å². The molecule has 0 aromatic heterocycles. The van der Waals surface area contributed by atoms with Gasteiger partial charge in [0.1, 0.15) is 12.2 Å². The minimum atomic E-state index is -0.610. The molecule has 2 saturated heterocycles. The van der Waals surface area contributed by atoms with Crippen molar-refractivity contribution in [2.75, 3.05) is 41.3 Å². The smallest absolute Gasteiger partial charge is 0.232 e. The van der Waals surface area contributed by atoms with Gasteiger partial charge in [0.25, 0.3) is 0 Å². The van der Waals surface area contributed by atoms with E-state index in [9.17, 15) is 0 Å². The summed E-state index contributed by atoms with van der Waals surface area (Å²) in [5.41, 5.74) is 0. The second kappa shape index (κ2) is 3.88. The summed E-state index contributed by atoms with van der Waals surface area (Å²) in [4.78, 5) is 4.07. The van der Waals surface area contributed by atoms with E-state index in [-0.39, 0.29) is 24.8 Å². The molecule has 0 bridgehead atoms. The van der Waals surface area contributed by atoms with Crippen LogP contribution < -0.4 is 0 Å². The maximum atomic E-state index is 5.84. The molecule has 98 valence electrons. The first-order valence-electron chi connectivity index (χ1n) is 5.97. The van der Waals surface area contributed by atoms with Gasteiger partial charge in [-0.1, -0.05) is 0 Å². The van der Waals surface area contributed by atoms with Crippen LogP contribution in [0.4, 0.5) is 0 Å². The summed E-state index contributed by atoms with van der Waals surface area (Å²) in [6.45, 7) is 1.49. The van der Waals surface area contributed by atoms with Crippen LogP contribution in [0.25, 0.3) is 0 Å². The van der Waals surface area contributed by atoms with Crippen LogP contribution in [0.3, 0.4) is 0 Å². The summed E-state index contributed by atoms with van der Waals surface area (Å²) >= 11 is 0. The van der Waals surface area contributed by atoms with Crippen molar-refractivity contribution in [3.63, 3.8) is 0 Å². The van der Waals surface area contributed by atoms with E-state index in [1.807, 2.05) is 38.0 Å². The van der Waals surface area contributed by atoms with Crippen molar-refractivity contribution in [2.45, 2.75) is 30.6 Å². The van der Waals surface area contributed by atoms with Crippen LogP contribution in [0.15, 0.2) is 0 Å². The lowest BCUT2D eigenvalue weighted by molar-refractivity contribution is -0.203. The first-order chi connectivity index (χ1) is 8.01. The van der Waals surface area contributed by atoms with E-state index in [0.29, 0.717) is 0 Å². The molecule has 6 nitrogen and oxygen atoms in total. The molecular formula is C11H20N2O4. The zero-order valence-corrected chi connectivity index (χ0v) is 10.8. The van der Waals surface area contributed by atoms with Crippen molar-refractivity contribution in [2.24, 2.45) is 0 Å². The van der Waals surface area contributed by atoms with Crippen LogP contribution in [0.2, 0.25) is 0 Å². The van der Waals surface area contributed by atoms with E-state index in [0.717, 1.165) is 13.1 Å². The van der Waals surface area contributed by atoms with Crippen LogP contribution in [-0.2, 0) is 18.9 Å². The molecule has 0 amide bonds. The number of rotatable bonds is 4. The number of likely N-dealkylation sites (N-methyl/N-ethyl adjacent to an activating group) is 2. The number of nitrogens with zero attached hydrogens (tertiary/aromatic N) is 2. The predicted molar refractivity (Wildman–Crippen MR) is 59.3 cm³/mol. The Kier molecular flexibility index (Phi) is 2.70. The lowest BCUT2D eigenvalue weighted by Crippen LogP contribution is -2.32. The fourth-order valence-electron chi connectivity index (χ4n) is 2.46. The average molecular weight is 244 g/mol.